The van der Waals surface area contributed by atoms with Crippen molar-refractivity contribution < 1.29 is 18.3 Å². The van der Waals surface area contributed by atoms with Gasteiger partial charge in [0.05, 0.1) is 11.2 Å². The molecule has 0 aromatic rings. The number of hydrogen-bond acceptors (Lipinski definition) is 4. The molecule has 2 radical (unpaired) electrons. The first-order chi connectivity index (χ1) is 7.83. The highest BCUT2D eigenvalue weighted by Crippen LogP contribution is 2.13. The van der Waals surface area contributed by atoms with E-state index in [1.807, 2.05) is 27.7 Å². The van der Waals surface area contributed by atoms with Crippen molar-refractivity contribution >= 4 is 10.0 Å². The van der Waals surface area contributed by atoms with E-state index in [4.69, 9.17) is 18.3 Å². The van der Waals surface area contributed by atoms with Crippen LogP contribution in [0.25, 0.3) is 0 Å². The summed E-state index contributed by atoms with van der Waals surface area (Å²) in [5, 5.41) is 0. The van der Waals surface area contributed by atoms with Gasteiger partial charge in [0.1, 0.15) is 0 Å². The monoisotopic (exact) mass is 262 g/mol. The van der Waals surface area contributed by atoms with Gasteiger partial charge in [0, 0.05) is 27.4 Å². The van der Waals surface area contributed by atoms with E-state index in [1.165, 1.54) is 0 Å². The highest BCUT2D eigenvalue weighted by atomic mass is 28.3. The van der Waals surface area contributed by atoms with Gasteiger partial charge in [-0.15, -0.1) is 0 Å². The maximum atomic E-state index is 5.40. The molecule has 0 aliphatic carbocycles. The lowest BCUT2D eigenvalue weighted by atomic mass is 10.1. The van der Waals surface area contributed by atoms with Crippen LogP contribution in [0.1, 0.15) is 40.5 Å². The van der Waals surface area contributed by atoms with E-state index in [1.54, 1.807) is 14.2 Å². The molecule has 0 fully saturated rings. The maximum Gasteiger partial charge on any atom is 0.433 e. The Morgan fingerprint density at radius 3 is 1.41 bits per heavy atom. The molecule has 0 aliphatic heterocycles. The Kier molecular flexibility index (Phi) is 8.24. The van der Waals surface area contributed by atoms with E-state index >= 15 is 0 Å². The molecule has 0 N–H and O–H groups in total. The molecule has 4 nitrogen and oxygen atoms in total. The molecule has 0 unspecified atom stereocenters. The van der Waals surface area contributed by atoms with E-state index in [-0.39, 0.29) is 21.2 Å². The van der Waals surface area contributed by atoms with Gasteiger partial charge in [0.15, 0.2) is 0 Å². The normalized spacial score (nSPS) is 13.1. The molecular weight excluding hydrogens is 236 g/mol. The molecule has 0 bridgehead atoms. The summed E-state index contributed by atoms with van der Waals surface area (Å²) in [5.74, 6) is 0. The lowest BCUT2D eigenvalue weighted by Gasteiger charge is -2.23. The van der Waals surface area contributed by atoms with Gasteiger partial charge >= 0.3 is 10.0 Å². The molecule has 0 saturated heterocycles. The predicted molar refractivity (Wildman–Crippen MR) is 69.1 cm³/mol. The average molecular weight is 262 g/mol. The van der Waals surface area contributed by atoms with Gasteiger partial charge in [-0.2, -0.15) is 0 Å². The Hall–Kier alpha value is 0.0569. The fourth-order valence-electron chi connectivity index (χ4n) is 0.923. The van der Waals surface area contributed by atoms with Gasteiger partial charge in [-0.05, 0) is 40.5 Å². The molecule has 102 valence electrons. The van der Waals surface area contributed by atoms with Gasteiger partial charge in [-0.25, -0.2) is 0 Å². The molecule has 0 amide bonds. The third-order valence-electron chi connectivity index (χ3n) is 2.84. The molecule has 5 heteroatoms. The lowest BCUT2D eigenvalue weighted by Crippen LogP contribution is -2.26. The number of rotatable bonds is 10. The van der Waals surface area contributed by atoms with Crippen LogP contribution in [0.5, 0.6) is 0 Å². The van der Waals surface area contributed by atoms with Crippen LogP contribution in [-0.2, 0) is 18.3 Å². The maximum absolute atomic E-state index is 5.40. The number of hydrogen-bond donors (Lipinski definition) is 0. The van der Waals surface area contributed by atoms with Crippen LogP contribution in [0.15, 0.2) is 0 Å². The summed E-state index contributed by atoms with van der Waals surface area (Å²) >= 11 is 0. The fourth-order valence-corrected chi connectivity index (χ4v) is 1.38. The Balaban J connectivity index is 3.36. The molecule has 17 heavy (non-hydrogen) atoms. The topological polar surface area (TPSA) is 36.9 Å². The fraction of sp³-hybridized carbons (Fsp3) is 1.00. The Morgan fingerprint density at radius 1 is 0.765 bits per heavy atom. The summed E-state index contributed by atoms with van der Waals surface area (Å²) in [6, 6.07) is 0. The second-order valence-electron chi connectivity index (χ2n) is 5.21. The van der Waals surface area contributed by atoms with Gasteiger partial charge in [0.2, 0.25) is 0 Å². The molecule has 0 rings (SSSR count). The Morgan fingerprint density at radius 2 is 1.12 bits per heavy atom. The lowest BCUT2D eigenvalue weighted by molar-refractivity contribution is -0.00144. The molecule has 0 saturated carbocycles. The largest absolute Gasteiger partial charge is 0.433 e. The predicted octanol–water partition coefficient (Wildman–Crippen LogP) is 2.18. The first-order valence-electron chi connectivity index (χ1n) is 5.92. The van der Waals surface area contributed by atoms with Crippen LogP contribution in [0.4, 0.5) is 0 Å². The van der Waals surface area contributed by atoms with Crippen molar-refractivity contribution in [2.75, 3.05) is 27.4 Å². The van der Waals surface area contributed by atoms with Crippen LogP contribution in [0.3, 0.4) is 0 Å². The minimum Gasteiger partial charge on any atom is -0.392 e. The summed E-state index contributed by atoms with van der Waals surface area (Å²) in [5.41, 5.74) is -0.245. The zero-order valence-electron chi connectivity index (χ0n) is 12.0. The average Bonchev–Trinajstić information content (AvgIpc) is 2.27. The molecule has 0 aromatic heterocycles. The quantitative estimate of drug-likeness (QED) is 0.447. The summed E-state index contributed by atoms with van der Waals surface area (Å²) in [6.07, 6.45) is 1.73. The van der Waals surface area contributed by atoms with Crippen LogP contribution in [0, 0.1) is 0 Å². The second-order valence-corrected chi connectivity index (χ2v) is 5.95. The highest BCUT2D eigenvalue weighted by Gasteiger charge is 2.17. The number of methoxy groups -OCH3 is 2. The molecular formula is C12H26O4Si. The van der Waals surface area contributed by atoms with Crippen molar-refractivity contribution in [3.05, 3.63) is 0 Å². The minimum absolute atomic E-state index is 0.0957. The first kappa shape index (κ1) is 17.1. The standard InChI is InChI=1S/C12H26O4Si/c1-11(2,13-5)7-9-15-17-16-10-8-12(3,4)14-6/h7-10H2,1-6H3. The van der Waals surface area contributed by atoms with Gasteiger partial charge < -0.3 is 18.3 Å². The van der Waals surface area contributed by atoms with Gasteiger partial charge in [-0.3, -0.25) is 0 Å². The molecule has 0 aromatic carbocycles. The van der Waals surface area contributed by atoms with Crippen LogP contribution in [-0.4, -0.2) is 48.6 Å². The van der Waals surface area contributed by atoms with Crippen molar-refractivity contribution in [3.8, 4) is 0 Å². The van der Waals surface area contributed by atoms with Crippen molar-refractivity contribution in [3.63, 3.8) is 0 Å². The van der Waals surface area contributed by atoms with E-state index in [0.29, 0.717) is 13.2 Å². The van der Waals surface area contributed by atoms with Crippen molar-refractivity contribution in [2.24, 2.45) is 0 Å². The molecule has 0 spiro atoms. The van der Waals surface area contributed by atoms with Gasteiger partial charge in [-0.1, -0.05) is 0 Å². The van der Waals surface area contributed by atoms with Crippen LogP contribution >= 0.6 is 0 Å². The molecule has 0 atom stereocenters. The third-order valence-corrected chi connectivity index (χ3v) is 3.48. The zero-order chi connectivity index (χ0) is 13.4. The number of ether oxygens (including phenoxy) is 2. The van der Waals surface area contributed by atoms with Crippen molar-refractivity contribution in [1.29, 1.82) is 0 Å². The second kappa shape index (κ2) is 8.21. The third kappa shape index (κ3) is 9.73. The molecule has 0 heterocycles. The zero-order valence-corrected chi connectivity index (χ0v) is 13.0. The Labute approximate surface area is 108 Å². The Bertz CT molecular complexity index is 175. The summed E-state index contributed by atoms with van der Waals surface area (Å²) in [6.45, 7) is 9.49. The van der Waals surface area contributed by atoms with Crippen LogP contribution < -0.4 is 0 Å². The SMILES string of the molecule is COC(C)(C)CCO[Si]OCCC(C)(C)OC. The molecule has 0 aliphatic rings. The van der Waals surface area contributed by atoms with Crippen LogP contribution in [0.2, 0.25) is 0 Å². The van der Waals surface area contributed by atoms with E-state index < -0.39 is 0 Å². The van der Waals surface area contributed by atoms with Crippen molar-refractivity contribution in [2.45, 2.75) is 51.7 Å². The summed E-state index contributed by atoms with van der Waals surface area (Å²) < 4.78 is 21.4. The van der Waals surface area contributed by atoms with Gasteiger partial charge in [0.25, 0.3) is 0 Å². The smallest absolute Gasteiger partial charge is 0.392 e. The summed E-state index contributed by atoms with van der Waals surface area (Å²) in [7, 11) is 3.52. The van der Waals surface area contributed by atoms with E-state index in [9.17, 15) is 0 Å². The highest BCUT2D eigenvalue weighted by molar-refractivity contribution is 6.17. The van der Waals surface area contributed by atoms with E-state index in [2.05, 4.69) is 0 Å². The van der Waals surface area contributed by atoms with E-state index in [0.717, 1.165) is 12.8 Å². The van der Waals surface area contributed by atoms with Crippen molar-refractivity contribution in [1.82, 2.24) is 0 Å². The minimum atomic E-state index is -0.122. The summed E-state index contributed by atoms with van der Waals surface area (Å²) in [4.78, 5) is 0. The first-order valence-corrected chi connectivity index (χ1v) is 6.73.